The van der Waals surface area contributed by atoms with Crippen LogP contribution < -0.4 is 0 Å². The highest BCUT2D eigenvalue weighted by Gasteiger charge is 2.41. The Hall–Kier alpha value is -1.10. The fourth-order valence-electron chi connectivity index (χ4n) is 2.05. The van der Waals surface area contributed by atoms with E-state index in [2.05, 4.69) is 0 Å². The molecule has 0 radical (unpaired) electrons. The minimum Gasteiger partial charge on any atom is -0.481 e. The van der Waals surface area contributed by atoms with Crippen LogP contribution in [0.3, 0.4) is 0 Å². The van der Waals surface area contributed by atoms with Crippen LogP contribution in [0, 0.1) is 5.41 Å². The van der Waals surface area contributed by atoms with Crippen LogP contribution in [0.5, 0.6) is 0 Å². The molecule has 1 heterocycles. The summed E-state index contributed by atoms with van der Waals surface area (Å²) in [6, 6.07) is 0. The van der Waals surface area contributed by atoms with Crippen molar-refractivity contribution in [2.24, 2.45) is 5.41 Å². The van der Waals surface area contributed by atoms with Crippen molar-refractivity contribution < 1.29 is 19.4 Å². The van der Waals surface area contributed by atoms with E-state index in [1.165, 1.54) is 0 Å². The summed E-state index contributed by atoms with van der Waals surface area (Å²) in [4.78, 5) is 24.6. The molecule has 1 unspecified atom stereocenters. The van der Waals surface area contributed by atoms with Gasteiger partial charge >= 0.3 is 5.97 Å². The first-order chi connectivity index (χ1) is 8.35. The molecular weight excluding hydrogens is 234 g/mol. The first-order valence-corrected chi connectivity index (χ1v) is 6.48. The largest absolute Gasteiger partial charge is 0.481 e. The zero-order chi connectivity index (χ0) is 13.8. The summed E-state index contributed by atoms with van der Waals surface area (Å²) in [6.07, 6.45) is 1.85. The van der Waals surface area contributed by atoms with Gasteiger partial charge in [0, 0.05) is 26.1 Å². The molecule has 1 N–H and O–H groups in total. The lowest BCUT2D eigenvalue weighted by molar-refractivity contribution is -0.147. The standard InChI is InChI=1S/C13H23NO4/c1-10(2)18-8-4-5-11(15)14-7-6-13(3,9-14)12(16)17/h10H,4-9H2,1-3H3,(H,16,17). The number of carboxylic acids is 1. The van der Waals surface area contributed by atoms with Gasteiger partial charge < -0.3 is 14.7 Å². The van der Waals surface area contributed by atoms with E-state index >= 15 is 0 Å². The van der Waals surface area contributed by atoms with Crippen LogP contribution in [0.4, 0.5) is 0 Å². The van der Waals surface area contributed by atoms with Crippen molar-refractivity contribution in [1.29, 1.82) is 0 Å². The van der Waals surface area contributed by atoms with E-state index in [4.69, 9.17) is 9.84 Å². The van der Waals surface area contributed by atoms with Crippen molar-refractivity contribution in [3.63, 3.8) is 0 Å². The topological polar surface area (TPSA) is 66.8 Å². The van der Waals surface area contributed by atoms with Crippen LogP contribution in [0.25, 0.3) is 0 Å². The summed E-state index contributed by atoms with van der Waals surface area (Å²) in [5.41, 5.74) is -0.774. The van der Waals surface area contributed by atoms with Crippen LogP contribution in [-0.2, 0) is 14.3 Å². The molecular formula is C13H23NO4. The molecule has 0 aromatic carbocycles. The van der Waals surface area contributed by atoms with E-state index in [0.29, 0.717) is 39.0 Å². The third-order valence-electron chi connectivity index (χ3n) is 3.33. The first-order valence-electron chi connectivity index (χ1n) is 6.48. The van der Waals surface area contributed by atoms with Gasteiger partial charge in [-0.3, -0.25) is 9.59 Å². The van der Waals surface area contributed by atoms with E-state index in [1.807, 2.05) is 13.8 Å². The molecule has 18 heavy (non-hydrogen) atoms. The Labute approximate surface area is 108 Å². The van der Waals surface area contributed by atoms with Crippen molar-refractivity contribution in [2.75, 3.05) is 19.7 Å². The Morgan fingerprint density at radius 3 is 2.61 bits per heavy atom. The molecule has 5 nitrogen and oxygen atoms in total. The third-order valence-corrected chi connectivity index (χ3v) is 3.33. The smallest absolute Gasteiger partial charge is 0.311 e. The van der Waals surface area contributed by atoms with E-state index in [0.717, 1.165) is 0 Å². The maximum Gasteiger partial charge on any atom is 0.311 e. The maximum absolute atomic E-state index is 11.9. The van der Waals surface area contributed by atoms with Crippen molar-refractivity contribution in [3.8, 4) is 0 Å². The average Bonchev–Trinajstić information content (AvgIpc) is 2.68. The van der Waals surface area contributed by atoms with Gasteiger partial charge in [-0.25, -0.2) is 0 Å². The third kappa shape index (κ3) is 3.98. The number of nitrogens with zero attached hydrogens (tertiary/aromatic N) is 1. The molecule has 5 heteroatoms. The predicted octanol–water partition coefficient (Wildman–Crippen LogP) is 1.51. The summed E-state index contributed by atoms with van der Waals surface area (Å²) in [7, 11) is 0. The van der Waals surface area contributed by atoms with Crippen molar-refractivity contribution >= 4 is 11.9 Å². The van der Waals surface area contributed by atoms with Gasteiger partial charge in [-0.2, -0.15) is 0 Å². The number of aliphatic carboxylic acids is 1. The molecule has 0 aromatic rings. The number of ether oxygens (including phenoxy) is 1. The van der Waals surface area contributed by atoms with Crippen molar-refractivity contribution in [1.82, 2.24) is 4.90 Å². The average molecular weight is 257 g/mol. The molecule has 0 bridgehead atoms. The number of carboxylic acid groups (broad SMARTS) is 1. The Balaban J connectivity index is 2.30. The van der Waals surface area contributed by atoms with E-state index < -0.39 is 11.4 Å². The highest BCUT2D eigenvalue weighted by molar-refractivity contribution is 5.80. The van der Waals surface area contributed by atoms with Crippen LogP contribution in [0.2, 0.25) is 0 Å². The minimum absolute atomic E-state index is 0.0346. The summed E-state index contributed by atoms with van der Waals surface area (Å²) < 4.78 is 5.37. The predicted molar refractivity (Wildman–Crippen MR) is 67.3 cm³/mol. The molecule has 0 aromatic heterocycles. The lowest BCUT2D eigenvalue weighted by Crippen LogP contribution is -2.34. The molecule has 1 atom stereocenters. The van der Waals surface area contributed by atoms with E-state index in [1.54, 1.807) is 11.8 Å². The number of carbonyl (C=O) groups excluding carboxylic acids is 1. The molecule has 0 saturated carbocycles. The van der Waals surface area contributed by atoms with Gasteiger partial charge in [0.25, 0.3) is 0 Å². The molecule has 1 amide bonds. The van der Waals surface area contributed by atoms with Crippen LogP contribution in [0.1, 0.15) is 40.0 Å². The highest BCUT2D eigenvalue weighted by atomic mass is 16.5. The molecule has 1 rings (SSSR count). The minimum atomic E-state index is -0.819. The lowest BCUT2D eigenvalue weighted by atomic mass is 9.90. The molecule has 1 fully saturated rings. The van der Waals surface area contributed by atoms with Gasteiger partial charge in [-0.15, -0.1) is 0 Å². The number of hydrogen-bond acceptors (Lipinski definition) is 3. The quantitative estimate of drug-likeness (QED) is 0.732. The fraction of sp³-hybridized carbons (Fsp3) is 0.846. The van der Waals surface area contributed by atoms with E-state index in [9.17, 15) is 9.59 Å². The molecule has 0 aliphatic carbocycles. The van der Waals surface area contributed by atoms with Crippen molar-refractivity contribution in [2.45, 2.75) is 46.1 Å². The molecule has 1 aliphatic rings. The second-order valence-electron chi connectivity index (χ2n) is 5.45. The summed E-state index contributed by atoms with van der Waals surface area (Å²) in [5.74, 6) is -0.784. The van der Waals surface area contributed by atoms with Gasteiger partial charge in [-0.05, 0) is 33.6 Å². The summed E-state index contributed by atoms with van der Waals surface area (Å²) in [6.45, 7) is 7.07. The van der Waals surface area contributed by atoms with Gasteiger partial charge in [-0.1, -0.05) is 0 Å². The number of likely N-dealkylation sites (tertiary alicyclic amines) is 1. The van der Waals surface area contributed by atoms with Crippen LogP contribution in [-0.4, -0.2) is 47.7 Å². The molecule has 104 valence electrons. The monoisotopic (exact) mass is 257 g/mol. The second-order valence-corrected chi connectivity index (χ2v) is 5.45. The van der Waals surface area contributed by atoms with Gasteiger partial charge in [0.05, 0.1) is 11.5 Å². The summed E-state index contributed by atoms with van der Waals surface area (Å²) >= 11 is 0. The number of amides is 1. The van der Waals surface area contributed by atoms with Gasteiger partial charge in [0.15, 0.2) is 0 Å². The lowest BCUT2D eigenvalue weighted by Gasteiger charge is -2.20. The SMILES string of the molecule is CC(C)OCCCC(=O)N1CCC(C)(C(=O)O)C1. The zero-order valence-electron chi connectivity index (χ0n) is 11.4. The second kappa shape index (κ2) is 6.18. The normalized spacial score (nSPS) is 23.7. The van der Waals surface area contributed by atoms with E-state index in [-0.39, 0.29) is 12.0 Å². The summed E-state index contributed by atoms with van der Waals surface area (Å²) in [5, 5.41) is 9.09. The Kier molecular flexibility index (Phi) is 5.14. The van der Waals surface area contributed by atoms with Crippen LogP contribution in [0.15, 0.2) is 0 Å². The first kappa shape index (κ1) is 15.0. The molecule has 1 saturated heterocycles. The fourth-order valence-corrected chi connectivity index (χ4v) is 2.05. The number of hydrogen-bond donors (Lipinski definition) is 1. The number of rotatable bonds is 6. The van der Waals surface area contributed by atoms with Crippen LogP contribution >= 0.6 is 0 Å². The maximum atomic E-state index is 11.9. The molecule has 1 aliphatic heterocycles. The van der Waals surface area contributed by atoms with Crippen molar-refractivity contribution in [3.05, 3.63) is 0 Å². The highest BCUT2D eigenvalue weighted by Crippen LogP contribution is 2.30. The van der Waals surface area contributed by atoms with Gasteiger partial charge in [0.1, 0.15) is 0 Å². The Bertz CT molecular complexity index is 316. The Morgan fingerprint density at radius 1 is 1.44 bits per heavy atom. The number of carbonyl (C=O) groups is 2. The zero-order valence-corrected chi connectivity index (χ0v) is 11.4. The van der Waals surface area contributed by atoms with Gasteiger partial charge in [0.2, 0.25) is 5.91 Å². The molecule has 0 spiro atoms. The Morgan fingerprint density at radius 2 is 2.11 bits per heavy atom.